The summed E-state index contributed by atoms with van der Waals surface area (Å²) in [4.78, 5) is 22.5. The first kappa shape index (κ1) is 18.1. The van der Waals surface area contributed by atoms with Crippen molar-refractivity contribution in [2.75, 3.05) is 18.5 Å². The molecule has 0 radical (unpaired) electrons. The van der Waals surface area contributed by atoms with Gasteiger partial charge in [-0.1, -0.05) is 24.3 Å². The van der Waals surface area contributed by atoms with Crippen molar-refractivity contribution in [1.29, 1.82) is 0 Å². The van der Waals surface area contributed by atoms with Gasteiger partial charge in [0, 0.05) is 11.8 Å². The molecule has 0 aliphatic carbocycles. The molecule has 2 rings (SSSR count). The van der Waals surface area contributed by atoms with Crippen LogP contribution in [0.15, 0.2) is 54.6 Å². The number of aliphatic carboxylic acids is 1. The lowest BCUT2D eigenvalue weighted by molar-refractivity contribution is -0.131. The molecule has 25 heavy (non-hydrogen) atoms. The zero-order chi connectivity index (χ0) is 18.1. The fraction of sp³-hybridized carbons (Fsp3) is 0.158. The van der Waals surface area contributed by atoms with E-state index >= 15 is 0 Å². The van der Waals surface area contributed by atoms with Crippen LogP contribution >= 0.6 is 0 Å². The van der Waals surface area contributed by atoms with Gasteiger partial charge in [0.2, 0.25) is 0 Å². The van der Waals surface area contributed by atoms with E-state index < -0.39 is 5.97 Å². The molecular weight excluding hydrogens is 322 g/mol. The second kappa shape index (κ2) is 9.12. The van der Waals surface area contributed by atoms with E-state index in [-0.39, 0.29) is 12.5 Å². The molecule has 0 atom stereocenters. The maximum Gasteiger partial charge on any atom is 0.328 e. The van der Waals surface area contributed by atoms with Gasteiger partial charge in [0.15, 0.2) is 18.1 Å². The summed E-state index contributed by atoms with van der Waals surface area (Å²) in [6.07, 6.45) is 2.50. The number of hydrogen-bond donors (Lipinski definition) is 2. The van der Waals surface area contributed by atoms with Crippen molar-refractivity contribution >= 4 is 23.6 Å². The average molecular weight is 341 g/mol. The number of para-hydroxylation sites is 1. The van der Waals surface area contributed by atoms with Crippen LogP contribution in [0.4, 0.5) is 5.69 Å². The predicted octanol–water partition coefficient (Wildman–Crippen LogP) is 3.20. The second-order valence-corrected chi connectivity index (χ2v) is 5.01. The highest BCUT2D eigenvalue weighted by Crippen LogP contribution is 2.29. The fourth-order valence-electron chi connectivity index (χ4n) is 2.05. The van der Waals surface area contributed by atoms with Gasteiger partial charge in [0.05, 0.1) is 6.61 Å². The normalized spacial score (nSPS) is 10.4. The predicted molar refractivity (Wildman–Crippen MR) is 94.8 cm³/mol. The summed E-state index contributed by atoms with van der Waals surface area (Å²) in [5.74, 6) is -0.459. The van der Waals surface area contributed by atoms with Crippen LogP contribution in [0.5, 0.6) is 11.5 Å². The molecule has 2 N–H and O–H groups in total. The molecule has 1 amide bonds. The number of carbonyl (C=O) groups is 2. The van der Waals surface area contributed by atoms with E-state index in [0.29, 0.717) is 29.4 Å². The Morgan fingerprint density at radius 1 is 1.08 bits per heavy atom. The molecule has 0 aliphatic rings. The Labute approximate surface area is 145 Å². The molecule has 0 aromatic heterocycles. The quantitative estimate of drug-likeness (QED) is 0.720. The molecule has 0 bridgehead atoms. The highest BCUT2D eigenvalue weighted by atomic mass is 16.5. The Bertz CT molecular complexity index is 756. The SMILES string of the molecule is CCOc1cc(C=CC(=O)O)ccc1OCC(=O)Nc1ccccc1. The molecule has 0 saturated carbocycles. The molecule has 0 saturated heterocycles. The van der Waals surface area contributed by atoms with Gasteiger partial charge in [0.25, 0.3) is 5.91 Å². The summed E-state index contributed by atoms with van der Waals surface area (Å²) in [6.45, 7) is 2.07. The van der Waals surface area contributed by atoms with Gasteiger partial charge in [-0.15, -0.1) is 0 Å². The Hall–Kier alpha value is -3.28. The van der Waals surface area contributed by atoms with Gasteiger partial charge in [0.1, 0.15) is 0 Å². The lowest BCUT2D eigenvalue weighted by Gasteiger charge is -2.12. The summed E-state index contributed by atoms with van der Waals surface area (Å²) in [5.41, 5.74) is 1.35. The highest BCUT2D eigenvalue weighted by molar-refractivity contribution is 5.91. The molecule has 6 heteroatoms. The Balaban J connectivity index is 2.02. The van der Waals surface area contributed by atoms with Crippen LogP contribution in [-0.2, 0) is 9.59 Å². The van der Waals surface area contributed by atoms with E-state index in [0.717, 1.165) is 6.08 Å². The van der Waals surface area contributed by atoms with Gasteiger partial charge < -0.3 is 19.9 Å². The molecule has 0 aliphatic heterocycles. The van der Waals surface area contributed by atoms with Gasteiger partial charge in [-0.2, -0.15) is 0 Å². The van der Waals surface area contributed by atoms with Crippen LogP contribution in [0.1, 0.15) is 12.5 Å². The summed E-state index contributed by atoms with van der Waals surface area (Å²) < 4.78 is 11.0. The fourth-order valence-corrected chi connectivity index (χ4v) is 2.05. The van der Waals surface area contributed by atoms with E-state index in [1.165, 1.54) is 6.08 Å². The van der Waals surface area contributed by atoms with Gasteiger partial charge in [-0.25, -0.2) is 4.79 Å². The van der Waals surface area contributed by atoms with E-state index in [9.17, 15) is 9.59 Å². The van der Waals surface area contributed by atoms with Crippen molar-refractivity contribution < 1.29 is 24.2 Å². The molecular formula is C19H19NO5. The number of carbonyl (C=O) groups excluding carboxylic acids is 1. The zero-order valence-corrected chi connectivity index (χ0v) is 13.8. The maximum absolute atomic E-state index is 11.9. The van der Waals surface area contributed by atoms with E-state index in [2.05, 4.69) is 5.32 Å². The summed E-state index contributed by atoms with van der Waals surface area (Å²) in [7, 11) is 0. The number of anilines is 1. The number of hydrogen-bond acceptors (Lipinski definition) is 4. The van der Waals surface area contributed by atoms with Crippen molar-refractivity contribution in [3.63, 3.8) is 0 Å². The highest BCUT2D eigenvalue weighted by Gasteiger charge is 2.09. The van der Waals surface area contributed by atoms with Crippen molar-refractivity contribution in [2.24, 2.45) is 0 Å². The third kappa shape index (κ3) is 6.02. The molecule has 0 fully saturated rings. The Morgan fingerprint density at radius 2 is 1.84 bits per heavy atom. The van der Waals surface area contributed by atoms with Crippen LogP contribution < -0.4 is 14.8 Å². The number of nitrogens with one attached hydrogen (secondary N) is 1. The standard InChI is InChI=1S/C19H19NO5/c1-2-24-17-12-14(9-11-19(22)23)8-10-16(17)25-13-18(21)20-15-6-4-3-5-7-15/h3-12H,2,13H2,1H3,(H,20,21)(H,22,23). The first-order valence-electron chi connectivity index (χ1n) is 7.74. The largest absolute Gasteiger partial charge is 0.490 e. The lowest BCUT2D eigenvalue weighted by Crippen LogP contribution is -2.20. The molecule has 2 aromatic carbocycles. The van der Waals surface area contributed by atoms with E-state index in [1.807, 2.05) is 25.1 Å². The third-order valence-corrected chi connectivity index (χ3v) is 3.10. The van der Waals surface area contributed by atoms with E-state index in [1.54, 1.807) is 30.3 Å². The van der Waals surface area contributed by atoms with Gasteiger partial charge in [-0.05, 0) is 42.8 Å². The van der Waals surface area contributed by atoms with Crippen LogP contribution in [0.2, 0.25) is 0 Å². The summed E-state index contributed by atoms with van der Waals surface area (Å²) in [6, 6.07) is 14.1. The van der Waals surface area contributed by atoms with Crippen molar-refractivity contribution in [3.8, 4) is 11.5 Å². The number of ether oxygens (including phenoxy) is 2. The minimum Gasteiger partial charge on any atom is -0.490 e. The first-order chi connectivity index (χ1) is 12.1. The smallest absolute Gasteiger partial charge is 0.328 e. The van der Waals surface area contributed by atoms with Crippen LogP contribution in [0.3, 0.4) is 0 Å². The minimum atomic E-state index is -1.03. The van der Waals surface area contributed by atoms with Gasteiger partial charge in [-0.3, -0.25) is 4.79 Å². The molecule has 6 nitrogen and oxygen atoms in total. The van der Waals surface area contributed by atoms with E-state index in [4.69, 9.17) is 14.6 Å². The number of carboxylic acid groups (broad SMARTS) is 1. The van der Waals surface area contributed by atoms with Crippen molar-refractivity contribution in [3.05, 3.63) is 60.2 Å². The van der Waals surface area contributed by atoms with Crippen LogP contribution in [0, 0.1) is 0 Å². The first-order valence-corrected chi connectivity index (χ1v) is 7.74. The van der Waals surface area contributed by atoms with Crippen molar-refractivity contribution in [1.82, 2.24) is 0 Å². The minimum absolute atomic E-state index is 0.167. The molecule has 130 valence electrons. The monoisotopic (exact) mass is 341 g/mol. The van der Waals surface area contributed by atoms with Gasteiger partial charge >= 0.3 is 5.97 Å². The summed E-state index contributed by atoms with van der Waals surface area (Å²) >= 11 is 0. The topological polar surface area (TPSA) is 84.9 Å². The lowest BCUT2D eigenvalue weighted by atomic mass is 10.2. The second-order valence-electron chi connectivity index (χ2n) is 5.01. The molecule has 0 heterocycles. The number of benzene rings is 2. The van der Waals surface area contributed by atoms with Crippen molar-refractivity contribution in [2.45, 2.75) is 6.92 Å². The molecule has 0 spiro atoms. The molecule has 2 aromatic rings. The average Bonchev–Trinajstić information content (AvgIpc) is 2.60. The van der Waals surface area contributed by atoms with Crippen LogP contribution in [0.25, 0.3) is 6.08 Å². The Morgan fingerprint density at radius 3 is 2.52 bits per heavy atom. The molecule has 0 unspecified atom stereocenters. The Kier molecular flexibility index (Phi) is 6.59. The zero-order valence-electron chi connectivity index (χ0n) is 13.8. The maximum atomic E-state index is 11.9. The number of amides is 1. The van der Waals surface area contributed by atoms with Crippen LogP contribution in [-0.4, -0.2) is 30.2 Å². The third-order valence-electron chi connectivity index (χ3n) is 3.10. The number of carboxylic acids is 1. The summed E-state index contributed by atoms with van der Waals surface area (Å²) in [5, 5.41) is 11.4. The number of rotatable bonds is 8.